The van der Waals surface area contributed by atoms with Gasteiger partial charge in [0.1, 0.15) is 48.8 Å². The zero-order valence-corrected chi connectivity index (χ0v) is 53.1. The Morgan fingerprint density at radius 1 is 0.429 bits per heavy atom. The lowest BCUT2D eigenvalue weighted by molar-refractivity contribution is -0.359. The van der Waals surface area contributed by atoms with Crippen LogP contribution in [-0.4, -0.2) is 140 Å². The minimum atomic E-state index is -1.80. The van der Waals surface area contributed by atoms with E-state index in [1.54, 1.807) is 6.08 Å². The average molecular weight is 1190 g/mol. The smallest absolute Gasteiger partial charge is 0.220 e. The van der Waals surface area contributed by atoms with E-state index in [-0.39, 0.29) is 18.9 Å². The van der Waals surface area contributed by atoms with Gasteiger partial charge >= 0.3 is 0 Å². The zero-order chi connectivity index (χ0) is 60.9. The van der Waals surface area contributed by atoms with Crippen molar-refractivity contribution in [2.24, 2.45) is 0 Å². The summed E-state index contributed by atoms with van der Waals surface area (Å²) >= 11 is 0. The van der Waals surface area contributed by atoms with Gasteiger partial charge in [0.15, 0.2) is 12.6 Å². The summed E-state index contributed by atoms with van der Waals surface area (Å²) in [6.07, 6.45) is 55.6. The summed E-state index contributed by atoms with van der Waals surface area (Å²) in [5.74, 6) is -0.254. The van der Waals surface area contributed by atoms with Gasteiger partial charge in [-0.15, -0.1) is 0 Å². The number of carbonyl (C=O) groups is 1. The maximum Gasteiger partial charge on any atom is 0.220 e. The molecule has 0 aromatic rings. The predicted molar refractivity (Wildman–Crippen MR) is 341 cm³/mol. The summed E-state index contributed by atoms with van der Waals surface area (Å²) in [6.45, 7) is 2.79. The zero-order valence-electron chi connectivity index (χ0n) is 53.1. The number of ether oxygens (including phenoxy) is 4. The van der Waals surface area contributed by atoms with Gasteiger partial charge in [-0.25, -0.2) is 0 Å². The van der Waals surface area contributed by atoms with Crippen molar-refractivity contribution in [3.63, 3.8) is 0 Å². The maximum atomic E-state index is 13.3. The Bertz CT molecular complexity index is 1640. The molecule has 2 rings (SSSR count). The molecule has 2 heterocycles. The standard InChI is InChI=1S/C70H127NO13/c1-3-5-7-9-11-13-15-17-19-21-23-25-27-28-29-30-32-33-35-37-39-41-43-45-47-49-51-53-59(74)58(57-81-69-67(80)65(78)68(61(56-73)83-69)84-70-66(79)64(77)63(76)60(55-72)82-70)71-62(75)54-52-50-48-46-44-42-40-38-36-34-31-26-24-22-20-18-16-14-12-10-8-6-4-2/h16,18,22,24,35,37,43,45,51,53,58-61,63-70,72-74,76-80H,3-15,17,19-21,23,25-34,36,38-42,44,46-50,52,54-57H2,1-2H3,(H,71,75)/b18-16-,24-22-,37-35+,45-43+,53-51+. The van der Waals surface area contributed by atoms with Gasteiger partial charge in [-0.2, -0.15) is 0 Å². The van der Waals surface area contributed by atoms with E-state index >= 15 is 0 Å². The molecule has 14 heteroatoms. The Balaban J connectivity index is 1.73. The molecule has 14 nitrogen and oxygen atoms in total. The number of allylic oxidation sites excluding steroid dienone is 9. The van der Waals surface area contributed by atoms with Crippen LogP contribution < -0.4 is 5.32 Å². The Morgan fingerprint density at radius 3 is 1.24 bits per heavy atom. The molecule has 0 radical (unpaired) electrons. The van der Waals surface area contributed by atoms with Crippen LogP contribution in [0.1, 0.15) is 284 Å². The van der Waals surface area contributed by atoms with E-state index in [0.717, 1.165) is 51.4 Å². The van der Waals surface area contributed by atoms with Crippen molar-refractivity contribution in [1.82, 2.24) is 5.32 Å². The first-order valence-corrected chi connectivity index (χ1v) is 34.5. The van der Waals surface area contributed by atoms with E-state index in [0.29, 0.717) is 12.8 Å². The highest BCUT2D eigenvalue weighted by Gasteiger charge is 2.51. The highest BCUT2D eigenvalue weighted by atomic mass is 16.7. The fourth-order valence-corrected chi connectivity index (χ4v) is 11.1. The number of aliphatic hydroxyl groups excluding tert-OH is 8. The number of unbranched alkanes of at least 4 members (excludes halogenated alkanes) is 35. The lowest BCUT2D eigenvalue weighted by atomic mass is 9.97. The molecule has 0 bridgehead atoms. The topological polar surface area (TPSA) is 228 Å². The van der Waals surface area contributed by atoms with Crippen LogP contribution in [0.2, 0.25) is 0 Å². The highest BCUT2D eigenvalue weighted by Crippen LogP contribution is 2.30. The van der Waals surface area contributed by atoms with Crippen molar-refractivity contribution in [1.29, 1.82) is 0 Å². The maximum absolute atomic E-state index is 13.3. The molecular formula is C70H127NO13. The number of hydrogen-bond acceptors (Lipinski definition) is 13. The molecule has 12 unspecified atom stereocenters. The quantitative estimate of drug-likeness (QED) is 0.0204. The molecular weight excluding hydrogens is 1060 g/mol. The second-order valence-corrected chi connectivity index (χ2v) is 24.3. The second kappa shape index (κ2) is 54.8. The molecule has 9 N–H and O–H groups in total. The number of rotatable bonds is 56. The van der Waals surface area contributed by atoms with E-state index in [4.69, 9.17) is 18.9 Å². The van der Waals surface area contributed by atoms with E-state index < -0.39 is 86.8 Å². The third kappa shape index (κ3) is 38.9. The Kier molecular flexibility index (Phi) is 50.8. The van der Waals surface area contributed by atoms with Crippen molar-refractivity contribution in [2.45, 2.75) is 357 Å². The SMILES string of the molecule is CCCCCCC/C=C\C/C=C\CCCCCCCCCCCCCC(=O)NC(COC1OC(CO)C(OC2OC(CO)C(O)C(O)C2O)C(O)C1O)C(O)/C=C/CC/C=C/CC/C=C/CCCCCCCCCCCCCCCCCCC. The average Bonchev–Trinajstić information content (AvgIpc) is 3.18. The number of carbonyl (C=O) groups excluding carboxylic acids is 1. The molecule has 0 aliphatic carbocycles. The van der Waals surface area contributed by atoms with Crippen molar-refractivity contribution in [2.75, 3.05) is 19.8 Å². The molecule has 0 saturated carbocycles. The van der Waals surface area contributed by atoms with Gasteiger partial charge in [0.25, 0.3) is 0 Å². The molecule has 2 fully saturated rings. The highest BCUT2D eigenvalue weighted by molar-refractivity contribution is 5.76. The molecule has 2 aliphatic heterocycles. The summed E-state index contributed by atoms with van der Waals surface area (Å²) in [5, 5.41) is 87.4. The van der Waals surface area contributed by atoms with Crippen LogP contribution in [-0.2, 0) is 23.7 Å². The fourth-order valence-electron chi connectivity index (χ4n) is 11.1. The minimum absolute atomic E-state index is 0.254. The molecule has 490 valence electrons. The molecule has 2 aliphatic rings. The van der Waals surface area contributed by atoms with E-state index in [9.17, 15) is 45.6 Å². The van der Waals surface area contributed by atoms with E-state index in [1.165, 1.54) is 199 Å². The van der Waals surface area contributed by atoms with Crippen LogP contribution in [0.25, 0.3) is 0 Å². The molecule has 2 saturated heterocycles. The number of aliphatic hydroxyl groups is 8. The first-order valence-electron chi connectivity index (χ1n) is 34.5. The summed E-state index contributed by atoms with van der Waals surface area (Å²) in [6, 6.07) is -0.942. The van der Waals surface area contributed by atoms with Gasteiger partial charge in [0.2, 0.25) is 5.91 Å². The Labute approximate surface area is 511 Å². The molecule has 12 atom stereocenters. The number of nitrogens with one attached hydrogen (secondary N) is 1. The molecule has 1 amide bonds. The second-order valence-electron chi connectivity index (χ2n) is 24.3. The largest absolute Gasteiger partial charge is 0.394 e. The minimum Gasteiger partial charge on any atom is -0.394 e. The van der Waals surface area contributed by atoms with Gasteiger partial charge in [0, 0.05) is 6.42 Å². The van der Waals surface area contributed by atoms with Gasteiger partial charge in [-0.05, 0) is 77.0 Å². The van der Waals surface area contributed by atoms with E-state index in [1.807, 2.05) is 6.08 Å². The van der Waals surface area contributed by atoms with Gasteiger partial charge in [0.05, 0.1) is 32.0 Å². The van der Waals surface area contributed by atoms with E-state index in [2.05, 4.69) is 67.8 Å². The molecule has 84 heavy (non-hydrogen) atoms. The lowest BCUT2D eigenvalue weighted by Crippen LogP contribution is -2.65. The van der Waals surface area contributed by atoms with Crippen molar-refractivity contribution < 1.29 is 64.6 Å². The first-order chi connectivity index (χ1) is 41.1. The van der Waals surface area contributed by atoms with Crippen molar-refractivity contribution in [3.8, 4) is 0 Å². The Morgan fingerprint density at radius 2 is 0.798 bits per heavy atom. The summed E-state index contributed by atoms with van der Waals surface area (Å²) in [7, 11) is 0. The predicted octanol–water partition coefficient (Wildman–Crippen LogP) is 13.7. The van der Waals surface area contributed by atoms with Gasteiger partial charge < -0.3 is 65.1 Å². The first kappa shape index (κ1) is 77.8. The number of amides is 1. The fraction of sp³-hybridized carbons (Fsp3) is 0.843. The Hall–Kier alpha value is -2.31. The monoisotopic (exact) mass is 1190 g/mol. The van der Waals surface area contributed by atoms with Crippen LogP contribution in [0.15, 0.2) is 60.8 Å². The summed E-state index contributed by atoms with van der Waals surface area (Å²) in [4.78, 5) is 13.3. The van der Waals surface area contributed by atoms with Gasteiger partial charge in [-0.3, -0.25) is 4.79 Å². The number of hydrogen-bond donors (Lipinski definition) is 9. The molecule has 0 spiro atoms. The van der Waals surface area contributed by atoms with Gasteiger partial charge in [-0.1, -0.05) is 261 Å². The summed E-state index contributed by atoms with van der Waals surface area (Å²) in [5.41, 5.74) is 0. The van der Waals surface area contributed by atoms with Crippen molar-refractivity contribution in [3.05, 3.63) is 60.8 Å². The van der Waals surface area contributed by atoms with Crippen LogP contribution >= 0.6 is 0 Å². The third-order valence-corrected chi connectivity index (χ3v) is 16.7. The lowest BCUT2D eigenvalue weighted by Gasteiger charge is -2.46. The summed E-state index contributed by atoms with van der Waals surface area (Å²) < 4.78 is 22.8. The molecule has 0 aromatic heterocycles. The van der Waals surface area contributed by atoms with Crippen LogP contribution in [0.4, 0.5) is 0 Å². The van der Waals surface area contributed by atoms with Crippen LogP contribution in [0.5, 0.6) is 0 Å². The molecule has 0 aromatic carbocycles. The van der Waals surface area contributed by atoms with Crippen LogP contribution in [0, 0.1) is 0 Å². The van der Waals surface area contributed by atoms with Crippen molar-refractivity contribution >= 4 is 5.91 Å². The van der Waals surface area contributed by atoms with Crippen LogP contribution in [0.3, 0.4) is 0 Å². The normalized spacial score (nSPS) is 24.0. The third-order valence-electron chi connectivity index (χ3n) is 16.7.